The first-order chi connectivity index (χ1) is 15.6. The molecule has 1 fully saturated rings. The fourth-order valence-corrected chi connectivity index (χ4v) is 4.07. The number of nitrogens with one attached hydrogen (secondary N) is 2. The van der Waals surface area contributed by atoms with Crippen molar-refractivity contribution in [3.05, 3.63) is 41.0 Å². The van der Waals surface area contributed by atoms with Crippen LogP contribution in [0.2, 0.25) is 0 Å². The predicted octanol–water partition coefficient (Wildman–Crippen LogP) is 1.46. The molecule has 0 aliphatic carbocycles. The number of phenolic OH excluding ortho intramolecular Hbond substituents is 1. The minimum absolute atomic E-state index is 0.0400. The number of benzene rings is 1. The third kappa shape index (κ3) is 6.46. The first-order valence-corrected chi connectivity index (χ1v) is 10.9. The van der Waals surface area contributed by atoms with Crippen LogP contribution in [-0.2, 0) is 11.0 Å². The van der Waals surface area contributed by atoms with Crippen molar-refractivity contribution in [3.8, 4) is 5.75 Å². The van der Waals surface area contributed by atoms with Crippen molar-refractivity contribution in [2.75, 3.05) is 39.8 Å². The number of likely N-dealkylation sites (tertiary alicyclic amines) is 1. The monoisotopic (exact) mass is 468 g/mol. The quantitative estimate of drug-likeness (QED) is 0.483. The normalized spacial score (nSPS) is 21.8. The number of carbonyl (C=O) groups excluding carboxylic acids is 1. The van der Waals surface area contributed by atoms with E-state index in [0.717, 1.165) is 31.0 Å². The second-order valence-corrected chi connectivity index (χ2v) is 8.49. The summed E-state index contributed by atoms with van der Waals surface area (Å²) in [4.78, 5) is 16.1. The Morgan fingerprint density at radius 1 is 1.42 bits per heavy atom. The zero-order chi connectivity index (χ0) is 24.2. The molecule has 8 nitrogen and oxygen atoms in total. The maximum Gasteiger partial charge on any atom is 0.416 e. The van der Waals surface area contributed by atoms with Crippen LogP contribution < -0.4 is 16.5 Å². The van der Waals surface area contributed by atoms with E-state index in [9.17, 15) is 23.1 Å². The highest BCUT2D eigenvalue weighted by Gasteiger charge is 2.32. The van der Waals surface area contributed by atoms with Crippen LogP contribution in [-0.4, -0.2) is 78.5 Å². The third-order valence-corrected chi connectivity index (χ3v) is 5.86. The Morgan fingerprint density at radius 2 is 2.18 bits per heavy atom. The highest BCUT2D eigenvalue weighted by Crippen LogP contribution is 2.33. The Bertz CT molecular complexity index is 918. The molecule has 0 saturated carbocycles. The predicted molar refractivity (Wildman–Crippen MR) is 120 cm³/mol. The molecule has 2 heterocycles. The van der Waals surface area contributed by atoms with Crippen molar-refractivity contribution in [3.63, 3.8) is 0 Å². The van der Waals surface area contributed by atoms with Gasteiger partial charge in [0.15, 0.2) is 0 Å². The molecular weight excluding hydrogens is 437 g/mol. The largest absolute Gasteiger partial charge is 0.507 e. The molecule has 2 atom stereocenters. The first-order valence-electron chi connectivity index (χ1n) is 10.9. The topological polar surface area (TPSA) is 106 Å². The number of hydrogen-bond donors (Lipinski definition) is 4. The number of aromatic hydroxyl groups is 1. The van der Waals surface area contributed by atoms with Gasteiger partial charge >= 0.3 is 6.18 Å². The molecule has 2 aliphatic heterocycles. The fourth-order valence-electron chi connectivity index (χ4n) is 4.07. The molecule has 3 rings (SSSR count). The lowest BCUT2D eigenvalue weighted by molar-refractivity contribution is -0.137. The van der Waals surface area contributed by atoms with Crippen LogP contribution in [0.15, 0.2) is 34.9 Å². The summed E-state index contributed by atoms with van der Waals surface area (Å²) in [5.74, 6) is -0.435. The molecule has 1 aromatic rings. The van der Waals surface area contributed by atoms with E-state index in [1.807, 2.05) is 6.08 Å². The maximum absolute atomic E-state index is 12.9. The van der Waals surface area contributed by atoms with E-state index in [2.05, 4.69) is 20.7 Å². The Kier molecular flexibility index (Phi) is 7.98. The fraction of sp³-hybridized carbons (Fsp3) is 0.545. The number of hydrazone groups is 1. The van der Waals surface area contributed by atoms with E-state index in [1.54, 1.807) is 18.9 Å². The molecule has 0 bridgehead atoms. The highest BCUT2D eigenvalue weighted by atomic mass is 19.4. The van der Waals surface area contributed by atoms with E-state index in [-0.39, 0.29) is 23.7 Å². The Balaban J connectivity index is 1.59. The number of phenols is 1. The van der Waals surface area contributed by atoms with Gasteiger partial charge in [0, 0.05) is 38.3 Å². The number of carbonyl (C=O) groups is 1. The van der Waals surface area contributed by atoms with Gasteiger partial charge in [-0.2, -0.15) is 18.3 Å². The standard InChI is InChI=1S/C22H31F3N6O2/c1-14-10-19(27-16-4-3-8-31(12-16)13-20(33)30(2)9-7-26)28-29-21(14)17-6-5-15(11-18(17)32)22(23,24)25/h5-6,10-11,16,19,27-28,32H,3-4,7-9,12-13,26H2,1-2H3. The Morgan fingerprint density at radius 3 is 2.82 bits per heavy atom. The number of nitrogens with two attached hydrogens (primary N) is 1. The van der Waals surface area contributed by atoms with E-state index in [1.165, 1.54) is 6.07 Å². The van der Waals surface area contributed by atoms with Crippen LogP contribution in [0.4, 0.5) is 13.2 Å². The van der Waals surface area contributed by atoms with Gasteiger partial charge in [-0.15, -0.1) is 0 Å². The molecule has 0 spiro atoms. The van der Waals surface area contributed by atoms with E-state index in [0.29, 0.717) is 38.0 Å². The van der Waals surface area contributed by atoms with Gasteiger partial charge in [0.2, 0.25) is 5.91 Å². The van der Waals surface area contributed by atoms with Crippen molar-refractivity contribution in [2.24, 2.45) is 10.8 Å². The van der Waals surface area contributed by atoms with Crippen LogP contribution in [0.1, 0.15) is 30.9 Å². The number of hydrogen-bond acceptors (Lipinski definition) is 7. The number of rotatable bonds is 7. The highest BCUT2D eigenvalue weighted by molar-refractivity contribution is 6.14. The molecule has 0 radical (unpaired) electrons. The molecule has 1 saturated heterocycles. The summed E-state index contributed by atoms with van der Waals surface area (Å²) in [5.41, 5.74) is 8.92. The number of alkyl halides is 3. The zero-order valence-corrected chi connectivity index (χ0v) is 18.8. The van der Waals surface area contributed by atoms with Crippen LogP contribution >= 0.6 is 0 Å². The van der Waals surface area contributed by atoms with Crippen molar-refractivity contribution in [2.45, 2.75) is 38.1 Å². The molecule has 182 valence electrons. The number of piperidine rings is 1. The van der Waals surface area contributed by atoms with Crippen LogP contribution in [0.25, 0.3) is 0 Å². The summed E-state index contributed by atoms with van der Waals surface area (Å²) in [5, 5.41) is 17.9. The molecule has 1 aromatic carbocycles. The SMILES string of the molecule is CC1=CC(NC2CCCN(CC(=O)N(C)CCN)C2)NN=C1c1ccc(C(F)(F)F)cc1O. The zero-order valence-electron chi connectivity index (χ0n) is 18.8. The summed E-state index contributed by atoms with van der Waals surface area (Å²) < 4.78 is 38.6. The molecule has 5 N–H and O–H groups in total. The van der Waals surface area contributed by atoms with Crippen molar-refractivity contribution >= 4 is 11.6 Å². The van der Waals surface area contributed by atoms with Gasteiger partial charge in [-0.25, -0.2) is 0 Å². The van der Waals surface area contributed by atoms with Gasteiger partial charge in [-0.05, 0) is 56.2 Å². The van der Waals surface area contributed by atoms with Gasteiger partial charge < -0.3 is 15.7 Å². The van der Waals surface area contributed by atoms with E-state index < -0.39 is 17.5 Å². The Labute approximate surface area is 191 Å². The van der Waals surface area contributed by atoms with E-state index >= 15 is 0 Å². The minimum atomic E-state index is -4.53. The molecule has 11 heteroatoms. The van der Waals surface area contributed by atoms with Crippen molar-refractivity contribution in [1.29, 1.82) is 0 Å². The van der Waals surface area contributed by atoms with Gasteiger partial charge in [-0.3, -0.25) is 20.4 Å². The molecular formula is C22H31F3N6O2. The summed E-state index contributed by atoms with van der Waals surface area (Å²) in [6.45, 7) is 4.66. The second-order valence-electron chi connectivity index (χ2n) is 8.49. The van der Waals surface area contributed by atoms with Gasteiger partial charge in [0.1, 0.15) is 11.9 Å². The van der Waals surface area contributed by atoms with Gasteiger partial charge in [0.25, 0.3) is 0 Å². The Hall–Kier alpha value is -2.63. The number of allylic oxidation sites excluding steroid dienone is 1. The number of amides is 1. The van der Waals surface area contributed by atoms with Gasteiger partial charge in [0.05, 0.1) is 17.8 Å². The average molecular weight is 469 g/mol. The molecule has 2 aliphatic rings. The first kappa shape index (κ1) is 25.0. The lowest BCUT2D eigenvalue weighted by atomic mass is 9.99. The lowest BCUT2D eigenvalue weighted by Crippen LogP contribution is -2.54. The summed E-state index contributed by atoms with van der Waals surface area (Å²) in [7, 11) is 1.75. The molecule has 33 heavy (non-hydrogen) atoms. The van der Waals surface area contributed by atoms with Crippen molar-refractivity contribution in [1.82, 2.24) is 20.5 Å². The molecule has 1 amide bonds. The number of likely N-dealkylation sites (N-methyl/N-ethyl adjacent to an activating group) is 1. The second kappa shape index (κ2) is 10.5. The maximum atomic E-state index is 12.9. The van der Waals surface area contributed by atoms with E-state index in [4.69, 9.17) is 5.73 Å². The van der Waals surface area contributed by atoms with Crippen LogP contribution in [0.3, 0.4) is 0 Å². The minimum Gasteiger partial charge on any atom is -0.507 e. The number of nitrogens with zero attached hydrogens (tertiary/aromatic N) is 3. The smallest absolute Gasteiger partial charge is 0.416 e. The summed E-state index contributed by atoms with van der Waals surface area (Å²) in [6.07, 6.45) is -1.01. The summed E-state index contributed by atoms with van der Waals surface area (Å²) in [6, 6.07) is 3.00. The van der Waals surface area contributed by atoms with Crippen LogP contribution in [0.5, 0.6) is 5.75 Å². The lowest BCUT2D eigenvalue weighted by Gasteiger charge is -2.35. The third-order valence-electron chi connectivity index (χ3n) is 5.86. The van der Waals surface area contributed by atoms with Crippen molar-refractivity contribution < 1.29 is 23.1 Å². The van der Waals surface area contributed by atoms with Crippen LogP contribution in [0, 0.1) is 0 Å². The van der Waals surface area contributed by atoms with Gasteiger partial charge in [-0.1, -0.05) is 0 Å². The average Bonchev–Trinajstić information content (AvgIpc) is 2.74. The molecule has 0 aromatic heterocycles. The number of halogens is 3. The molecule has 2 unspecified atom stereocenters. The summed E-state index contributed by atoms with van der Waals surface area (Å²) >= 11 is 0.